The van der Waals surface area contributed by atoms with Crippen molar-refractivity contribution < 1.29 is 26.2 Å². The van der Waals surface area contributed by atoms with E-state index in [-0.39, 0.29) is 26.2 Å². The predicted octanol–water partition coefficient (Wildman–Crippen LogP) is 4.77. The van der Waals surface area contributed by atoms with Gasteiger partial charge in [0.1, 0.15) is 0 Å². The minimum absolute atomic E-state index is 0. The Morgan fingerprint density at radius 2 is 1.71 bits per heavy atom. The van der Waals surface area contributed by atoms with E-state index in [1.165, 1.54) is 0 Å². The summed E-state index contributed by atoms with van der Waals surface area (Å²) in [5.41, 5.74) is 0. The van der Waals surface area contributed by atoms with Crippen molar-refractivity contribution in [1.29, 1.82) is 0 Å². The first-order valence-electron chi connectivity index (χ1n) is 3.64. The van der Waals surface area contributed by atoms with Crippen LogP contribution in [0.25, 0.3) is 0 Å². The summed E-state index contributed by atoms with van der Waals surface area (Å²) in [4.78, 5) is 0. The van der Waals surface area contributed by atoms with Crippen molar-refractivity contribution in [1.82, 2.24) is 0 Å². The second kappa shape index (κ2) is 7.71. The van der Waals surface area contributed by atoms with E-state index in [2.05, 4.69) is 0 Å². The molecule has 2 aromatic rings. The molecule has 0 amide bonds. The van der Waals surface area contributed by atoms with Crippen LogP contribution in [0.1, 0.15) is 0 Å². The summed E-state index contributed by atoms with van der Waals surface area (Å²) in [6, 6.07) is 13.3. The minimum atomic E-state index is 0. The largest absolute Gasteiger partial charge is 2.00 e. The first kappa shape index (κ1) is 14.5. The Hall–Kier alpha value is 0.453. The molecule has 2 rings (SSSR count). The molecule has 0 heterocycles. The van der Waals surface area contributed by atoms with E-state index in [1.807, 2.05) is 30.3 Å². The fraction of sp³-hybridized carbons (Fsp3) is 0. The van der Waals surface area contributed by atoms with E-state index in [1.54, 1.807) is 12.1 Å². The van der Waals surface area contributed by atoms with Crippen LogP contribution in [0.4, 0.5) is 0 Å². The molecule has 0 nitrogen and oxygen atoms in total. The first-order chi connectivity index (χ1) is 6.22. The molecule has 0 aliphatic rings. The van der Waals surface area contributed by atoms with Crippen LogP contribution in [0, 0.1) is 0 Å². The third-order valence-electron chi connectivity index (χ3n) is 1.35. The Labute approximate surface area is 118 Å². The van der Waals surface area contributed by atoms with Gasteiger partial charge in [-0.2, -0.15) is 53.5 Å². The predicted molar refractivity (Wildman–Crippen MR) is 59.1 cm³/mol. The second-order valence-electron chi connectivity index (χ2n) is 2.31. The zero-order valence-corrected chi connectivity index (χ0v) is 11.9. The summed E-state index contributed by atoms with van der Waals surface area (Å²) in [7, 11) is 0. The van der Waals surface area contributed by atoms with Crippen molar-refractivity contribution in [3.63, 3.8) is 0 Å². The van der Waals surface area contributed by atoms with Gasteiger partial charge < -0.3 is 0 Å². The average Bonchev–Trinajstić information content (AvgIpc) is 2.75. The Bertz CT molecular complexity index is 301. The molecule has 0 radical (unpaired) electrons. The summed E-state index contributed by atoms with van der Waals surface area (Å²) in [6.07, 6.45) is 0. The Kier molecular flexibility index (Phi) is 7.96. The molecule has 0 saturated heterocycles. The maximum Gasteiger partial charge on any atom is 2.00 e. The van der Waals surface area contributed by atoms with Crippen LogP contribution < -0.4 is 0 Å². The molecular formula is C10H7Cl3Zr. The average molecular weight is 325 g/mol. The fourth-order valence-corrected chi connectivity index (χ4v) is 1.23. The Morgan fingerprint density at radius 3 is 1.86 bits per heavy atom. The number of hydrogen-bond donors (Lipinski definition) is 0. The summed E-state index contributed by atoms with van der Waals surface area (Å²) >= 11 is 16.6. The van der Waals surface area contributed by atoms with E-state index in [4.69, 9.17) is 34.8 Å². The number of halogens is 3. The van der Waals surface area contributed by atoms with Crippen molar-refractivity contribution in [3.8, 4) is 0 Å². The van der Waals surface area contributed by atoms with Crippen LogP contribution >= 0.6 is 34.8 Å². The van der Waals surface area contributed by atoms with E-state index in [9.17, 15) is 0 Å². The molecule has 0 atom stereocenters. The van der Waals surface area contributed by atoms with Gasteiger partial charge in [0, 0.05) is 0 Å². The SMILES string of the molecule is Clc1cc[c-](Cl)c1Cl.[Zr+2].c1cc[cH-]c1. The minimum Gasteiger partial charge on any atom is -0.214 e. The topological polar surface area (TPSA) is 0 Å². The van der Waals surface area contributed by atoms with Gasteiger partial charge >= 0.3 is 26.2 Å². The summed E-state index contributed by atoms with van der Waals surface area (Å²) < 4.78 is 0. The summed E-state index contributed by atoms with van der Waals surface area (Å²) in [5, 5.41) is 1.46. The monoisotopic (exact) mass is 322 g/mol. The van der Waals surface area contributed by atoms with Gasteiger partial charge in [-0.1, -0.05) is 10.0 Å². The van der Waals surface area contributed by atoms with E-state index in [0.717, 1.165) is 0 Å². The zero-order chi connectivity index (χ0) is 9.68. The van der Waals surface area contributed by atoms with E-state index in [0.29, 0.717) is 15.1 Å². The van der Waals surface area contributed by atoms with Gasteiger partial charge in [-0.3, -0.25) is 0 Å². The maximum atomic E-state index is 5.53. The van der Waals surface area contributed by atoms with Crippen LogP contribution in [-0.2, 0) is 26.2 Å². The third kappa shape index (κ3) is 4.80. The van der Waals surface area contributed by atoms with Crippen molar-refractivity contribution in [2.24, 2.45) is 0 Å². The Balaban J connectivity index is 0.000000246. The van der Waals surface area contributed by atoms with Gasteiger partial charge in [0.2, 0.25) is 0 Å². The molecule has 0 fully saturated rings. The van der Waals surface area contributed by atoms with Gasteiger partial charge in [0.25, 0.3) is 0 Å². The molecule has 4 heteroatoms. The number of rotatable bonds is 0. The number of hydrogen-bond acceptors (Lipinski definition) is 0. The van der Waals surface area contributed by atoms with Crippen LogP contribution in [0.2, 0.25) is 15.1 Å². The second-order valence-corrected chi connectivity index (χ2v) is 3.50. The van der Waals surface area contributed by atoms with Crippen LogP contribution in [-0.4, -0.2) is 0 Å². The summed E-state index contributed by atoms with van der Waals surface area (Å²) in [6.45, 7) is 0. The maximum absolute atomic E-state index is 5.53. The fourth-order valence-electron chi connectivity index (χ4n) is 0.727. The molecular weight excluding hydrogens is 318 g/mol. The van der Waals surface area contributed by atoms with Crippen molar-refractivity contribution >= 4 is 34.8 Å². The standard InChI is InChI=1S/C5H2Cl3.C5H5.Zr/c6-3-1-2-4(7)5(3)8;1-2-4-5-3-1;/h1-2H;1-5H;/q2*-1;+2. The molecule has 0 aromatic heterocycles. The van der Waals surface area contributed by atoms with Gasteiger partial charge in [0.15, 0.2) is 0 Å². The van der Waals surface area contributed by atoms with Crippen molar-refractivity contribution in [3.05, 3.63) is 57.5 Å². The smallest absolute Gasteiger partial charge is 0.214 e. The summed E-state index contributed by atoms with van der Waals surface area (Å²) in [5.74, 6) is 0. The molecule has 0 unspecified atom stereocenters. The van der Waals surface area contributed by atoms with E-state index >= 15 is 0 Å². The van der Waals surface area contributed by atoms with Crippen LogP contribution in [0.3, 0.4) is 0 Å². The van der Waals surface area contributed by atoms with Crippen molar-refractivity contribution in [2.45, 2.75) is 0 Å². The molecule has 0 aliphatic heterocycles. The van der Waals surface area contributed by atoms with Gasteiger partial charge in [-0.25, -0.2) is 12.1 Å². The van der Waals surface area contributed by atoms with Gasteiger partial charge in [-0.05, 0) is 5.02 Å². The molecule has 2 aromatic carbocycles. The van der Waals surface area contributed by atoms with E-state index < -0.39 is 0 Å². The van der Waals surface area contributed by atoms with Gasteiger partial charge in [0.05, 0.1) is 0 Å². The molecule has 0 aliphatic carbocycles. The molecule has 14 heavy (non-hydrogen) atoms. The first-order valence-corrected chi connectivity index (χ1v) is 4.78. The zero-order valence-electron chi connectivity index (χ0n) is 7.18. The van der Waals surface area contributed by atoms with Gasteiger partial charge in [-0.15, -0.1) is 11.6 Å². The van der Waals surface area contributed by atoms with Crippen molar-refractivity contribution in [2.75, 3.05) is 0 Å². The molecule has 0 spiro atoms. The molecule has 72 valence electrons. The molecule has 0 saturated carbocycles. The molecule has 0 N–H and O–H groups in total. The van der Waals surface area contributed by atoms with Crippen LogP contribution in [0.15, 0.2) is 42.5 Å². The third-order valence-corrected chi connectivity index (χ3v) is 2.58. The quantitative estimate of drug-likeness (QED) is 0.612. The normalized spacial score (nSPS) is 8.50. The molecule has 0 bridgehead atoms. The van der Waals surface area contributed by atoms with Crippen LogP contribution in [0.5, 0.6) is 0 Å². The Morgan fingerprint density at radius 1 is 1.14 bits per heavy atom.